The fourth-order valence-corrected chi connectivity index (χ4v) is 2.70. The Bertz CT molecular complexity index is 673. The second-order valence-corrected chi connectivity index (χ2v) is 5.86. The molecule has 0 spiro atoms. The van der Waals surface area contributed by atoms with Crippen LogP contribution in [0.2, 0.25) is 5.02 Å². The summed E-state index contributed by atoms with van der Waals surface area (Å²) in [7, 11) is 0. The molecular formula is C18H19ClO. The molecule has 2 aromatic rings. The Morgan fingerprint density at radius 1 is 0.850 bits per heavy atom. The summed E-state index contributed by atoms with van der Waals surface area (Å²) in [5.41, 5.74) is 6.86. The van der Waals surface area contributed by atoms with Gasteiger partial charge in [-0.3, -0.25) is 4.79 Å². The van der Waals surface area contributed by atoms with Crippen LogP contribution in [0.4, 0.5) is 0 Å². The van der Waals surface area contributed by atoms with Gasteiger partial charge in [0.05, 0.1) is 0 Å². The van der Waals surface area contributed by atoms with Gasteiger partial charge >= 0.3 is 0 Å². The molecule has 0 atom stereocenters. The van der Waals surface area contributed by atoms with Crippen molar-refractivity contribution in [3.8, 4) is 0 Å². The summed E-state index contributed by atoms with van der Waals surface area (Å²) in [5, 5.41) is 0.596. The van der Waals surface area contributed by atoms with Crippen molar-refractivity contribution < 1.29 is 4.79 Å². The van der Waals surface area contributed by atoms with Crippen LogP contribution in [-0.4, -0.2) is 5.78 Å². The Labute approximate surface area is 125 Å². The van der Waals surface area contributed by atoms with Gasteiger partial charge in [-0.2, -0.15) is 0 Å². The van der Waals surface area contributed by atoms with E-state index < -0.39 is 0 Å². The second kappa shape index (κ2) is 5.41. The number of aryl methyl sites for hydroxylation is 3. The molecule has 0 aliphatic rings. The lowest BCUT2D eigenvalue weighted by molar-refractivity contribution is 0.103. The molecule has 0 N–H and O–H groups in total. The van der Waals surface area contributed by atoms with E-state index in [9.17, 15) is 4.79 Å². The number of carbonyl (C=O) groups is 1. The lowest BCUT2D eigenvalue weighted by atomic mass is 9.88. The molecule has 0 amide bonds. The molecule has 1 nitrogen and oxygen atoms in total. The van der Waals surface area contributed by atoms with E-state index in [-0.39, 0.29) is 5.78 Å². The van der Waals surface area contributed by atoms with Crippen LogP contribution in [0.1, 0.15) is 43.7 Å². The number of hydrogen-bond donors (Lipinski definition) is 0. The zero-order valence-corrected chi connectivity index (χ0v) is 13.4. The number of hydrogen-bond acceptors (Lipinski definition) is 1. The molecule has 2 heteroatoms. The number of halogens is 1. The van der Waals surface area contributed by atoms with E-state index >= 15 is 0 Å². The van der Waals surface area contributed by atoms with Crippen LogP contribution in [0.5, 0.6) is 0 Å². The van der Waals surface area contributed by atoms with Crippen molar-refractivity contribution in [3.05, 3.63) is 68.2 Å². The van der Waals surface area contributed by atoms with Crippen molar-refractivity contribution in [1.29, 1.82) is 0 Å². The summed E-state index contributed by atoms with van der Waals surface area (Å²) in [6.07, 6.45) is 0. The predicted octanol–water partition coefficient (Wildman–Crippen LogP) is 5.11. The maximum absolute atomic E-state index is 12.9. The maximum Gasteiger partial charge on any atom is 0.193 e. The minimum atomic E-state index is 0.0619. The molecular weight excluding hydrogens is 268 g/mol. The largest absolute Gasteiger partial charge is 0.289 e. The average Bonchev–Trinajstić information content (AvgIpc) is 2.39. The highest BCUT2D eigenvalue weighted by atomic mass is 35.5. The van der Waals surface area contributed by atoms with Crippen molar-refractivity contribution in [2.24, 2.45) is 0 Å². The molecule has 0 saturated carbocycles. The van der Waals surface area contributed by atoms with E-state index in [1.165, 1.54) is 0 Å². The van der Waals surface area contributed by atoms with Crippen molar-refractivity contribution in [2.75, 3.05) is 0 Å². The van der Waals surface area contributed by atoms with Gasteiger partial charge in [0.15, 0.2) is 5.78 Å². The van der Waals surface area contributed by atoms with E-state index in [2.05, 4.69) is 6.07 Å². The van der Waals surface area contributed by atoms with Gasteiger partial charge < -0.3 is 0 Å². The zero-order chi connectivity index (χ0) is 15.0. The highest BCUT2D eigenvalue weighted by Crippen LogP contribution is 2.26. The van der Waals surface area contributed by atoms with E-state index in [1.54, 1.807) is 6.07 Å². The van der Waals surface area contributed by atoms with E-state index in [1.807, 2.05) is 46.8 Å². The first-order valence-electron chi connectivity index (χ1n) is 6.71. The topological polar surface area (TPSA) is 17.1 Å². The van der Waals surface area contributed by atoms with Crippen LogP contribution in [-0.2, 0) is 0 Å². The van der Waals surface area contributed by atoms with Crippen molar-refractivity contribution >= 4 is 17.4 Å². The number of ketones is 1. The molecule has 0 heterocycles. The Balaban J connectivity index is 2.68. The highest BCUT2D eigenvalue weighted by molar-refractivity contribution is 6.31. The van der Waals surface area contributed by atoms with Gasteiger partial charge in [-0.15, -0.1) is 0 Å². The van der Waals surface area contributed by atoms with Crippen LogP contribution in [0.25, 0.3) is 0 Å². The molecule has 0 unspecified atom stereocenters. The summed E-state index contributed by atoms with van der Waals surface area (Å²) in [5.74, 6) is 0.0619. The molecule has 104 valence electrons. The summed E-state index contributed by atoms with van der Waals surface area (Å²) >= 11 is 6.04. The number of rotatable bonds is 2. The fourth-order valence-electron chi connectivity index (χ4n) is 2.53. The first kappa shape index (κ1) is 14.8. The first-order valence-corrected chi connectivity index (χ1v) is 7.09. The number of benzene rings is 2. The Kier molecular flexibility index (Phi) is 4.01. The third-order valence-electron chi connectivity index (χ3n) is 4.04. The maximum atomic E-state index is 12.9. The lowest BCUT2D eigenvalue weighted by Gasteiger charge is -2.15. The predicted molar refractivity (Wildman–Crippen MR) is 85.0 cm³/mol. The van der Waals surface area contributed by atoms with Gasteiger partial charge in [0.2, 0.25) is 0 Å². The van der Waals surface area contributed by atoms with Gasteiger partial charge in [0.25, 0.3) is 0 Å². The van der Waals surface area contributed by atoms with Crippen molar-refractivity contribution in [1.82, 2.24) is 0 Å². The van der Waals surface area contributed by atoms with Crippen LogP contribution in [0.3, 0.4) is 0 Å². The van der Waals surface area contributed by atoms with Crippen LogP contribution >= 0.6 is 11.6 Å². The average molecular weight is 287 g/mol. The Morgan fingerprint density at radius 2 is 1.40 bits per heavy atom. The van der Waals surface area contributed by atoms with Gasteiger partial charge in [-0.1, -0.05) is 23.7 Å². The third-order valence-corrected chi connectivity index (χ3v) is 4.27. The fraction of sp³-hybridized carbons (Fsp3) is 0.278. The molecule has 0 aromatic heterocycles. The van der Waals surface area contributed by atoms with Crippen LogP contribution < -0.4 is 0 Å². The third kappa shape index (κ3) is 2.51. The molecule has 2 aromatic carbocycles. The van der Waals surface area contributed by atoms with Crippen molar-refractivity contribution in [3.63, 3.8) is 0 Å². The van der Waals surface area contributed by atoms with Crippen molar-refractivity contribution in [2.45, 2.75) is 34.6 Å². The van der Waals surface area contributed by atoms with Gasteiger partial charge in [-0.05, 0) is 74.6 Å². The lowest BCUT2D eigenvalue weighted by Crippen LogP contribution is -2.10. The van der Waals surface area contributed by atoms with Gasteiger partial charge in [0, 0.05) is 16.1 Å². The standard InChI is InChI=1S/C18H19ClO/c1-10-6-7-15(19)9-16(10)18(20)17-13(4)11(2)8-12(3)14(17)5/h6-9H,1-5H3. The monoisotopic (exact) mass is 286 g/mol. The first-order chi connectivity index (χ1) is 9.32. The summed E-state index contributed by atoms with van der Waals surface area (Å²) < 4.78 is 0. The minimum Gasteiger partial charge on any atom is -0.289 e. The Hall–Kier alpha value is -1.60. The zero-order valence-electron chi connectivity index (χ0n) is 12.6. The van der Waals surface area contributed by atoms with Crippen LogP contribution in [0, 0.1) is 34.6 Å². The highest BCUT2D eigenvalue weighted by Gasteiger charge is 2.19. The minimum absolute atomic E-state index is 0.0619. The summed E-state index contributed by atoms with van der Waals surface area (Å²) in [6, 6.07) is 7.60. The van der Waals surface area contributed by atoms with Gasteiger partial charge in [-0.25, -0.2) is 0 Å². The van der Waals surface area contributed by atoms with E-state index in [0.717, 1.165) is 33.4 Å². The number of carbonyl (C=O) groups excluding carboxylic acids is 1. The van der Waals surface area contributed by atoms with E-state index in [4.69, 9.17) is 11.6 Å². The molecule has 0 aliphatic heterocycles. The molecule has 0 bridgehead atoms. The SMILES string of the molecule is Cc1ccc(Cl)cc1C(=O)c1c(C)c(C)cc(C)c1C. The molecule has 0 fully saturated rings. The summed E-state index contributed by atoms with van der Waals surface area (Å²) in [6.45, 7) is 10.0. The molecule has 2 rings (SSSR count). The molecule has 0 aliphatic carbocycles. The Morgan fingerprint density at radius 3 is 1.95 bits per heavy atom. The van der Waals surface area contributed by atoms with E-state index in [0.29, 0.717) is 10.6 Å². The molecule has 0 radical (unpaired) electrons. The normalized spacial score (nSPS) is 10.7. The molecule has 0 saturated heterocycles. The second-order valence-electron chi connectivity index (χ2n) is 5.42. The summed E-state index contributed by atoms with van der Waals surface area (Å²) in [4.78, 5) is 12.9. The van der Waals surface area contributed by atoms with Crippen LogP contribution in [0.15, 0.2) is 24.3 Å². The van der Waals surface area contributed by atoms with Gasteiger partial charge in [0.1, 0.15) is 0 Å². The molecule has 20 heavy (non-hydrogen) atoms. The smallest absolute Gasteiger partial charge is 0.193 e. The quantitative estimate of drug-likeness (QED) is 0.701.